The predicted octanol–water partition coefficient (Wildman–Crippen LogP) is 2.84. The summed E-state index contributed by atoms with van der Waals surface area (Å²) in [6.07, 6.45) is 3.86. The fourth-order valence-corrected chi connectivity index (χ4v) is 3.43. The Bertz CT molecular complexity index is 935. The molecule has 6 nitrogen and oxygen atoms in total. The Balaban J connectivity index is 1.95. The van der Waals surface area contributed by atoms with Crippen LogP contribution >= 0.6 is 0 Å². The molecule has 0 spiro atoms. The van der Waals surface area contributed by atoms with Crippen LogP contribution in [0.4, 0.5) is 0 Å². The molecule has 1 heterocycles. The number of benzene rings is 2. The molecule has 0 amide bonds. The second kappa shape index (κ2) is 9.01. The highest BCUT2D eigenvalue weighted by Gasteiger charge is 2.32. The third-order valence-electron chi connectivity index (χ3n) is 5.08. The molecule has 0 aromatic heterocycles. The van der Waals surface area contributed by atoms with Crippen LogP contribution in [-0.2, 0) is 6.54 Å². The molecule has 6 heteroatoms. The Morgan fingerprint density at radius 2 is 1.97 bits per heavy atom. The van der Waals surface area contributed by atoms with Crippen molar-refractivity contribution in [2.24, 2.45) is 0 Å². The maximum Gasteiger partial charge on any atom is 0.231 e. The van der Waals surface area contributed by atoms with Crippen LogP contribution in [0.25, 0.3) is 6.08 Å². The molecular weight excluding hydrogens is 370 g/mol. The third-order valence-corrected chi connectivity index (χ3v) is 5.08. The molecule has 0 saturated carbocycles. The van der Waals surface area contributed by atoms with Gasteiger partial charge in [0.05, 0.1) is 38.9 Å². The number of carbonyl (C=O) groups excluding carboxylic acids is 1. The minimum atomic E-state index is -0.211. The zero-order valence-corrected chi connectivity index (χ0v) is 17.4. The summed E-state index contributed by atoms with van der Waals surface area (Å²) in [5.74, 6) is 1.84. The first-order valence-corrected chi connectivity index (χ1v) is 9.80. The van der Waals surface area contributed by atoms with E-state index in [0.717, 1.165) is 19.4 Å². The fraction of sp³-hybridized carbons (Fsp3) is 0.348. The van der Waals surface area contributed by atoms with Gasteiger partial charge in [0, 0.05) is 5.56 Å². The van der Waals surface area contributed by atoms with Crippen LogP contribution < -0.4 is 19.1 Å². The van der Waals surface area contributed by atoms with Crippen molar-refractivity contribution in [3.8, 4) is 23.0 Å². The van der Waals surface area contributed by atoms with Crippen LogP contribution in [0.2, 0.25) is 0 Å². The van der Waals surface area contributed by atoms with Crippen molar-refractivity contribution in [3.05, 3.63) is 52.8 Å². The van der Waals surface area contributed by atoms with Gasteiger partial charge in [-0.3, -0.25) is 4.79 Å². The van der Waals surface area contributed by atoms with Gasteiger partial charge in [0.25, 0.3) is 0 Å². The van der Waals surface area contributed by atoms with E-state index < -0.39 is 0 Å². The summed E-state index contributed by atoms with van der Waals surface area (Å²) in [7, 11) is 5.22. The summed E-state index contributed by atoms with van der Waals surface area (Å²) in [4.78, 5) is 14.2. The molecule has 0 aliphatic carbocycles. The first-order valence-electron chi connectivity index (χ1n) is 9.80. The summed E-state index contributed by atoms with van der Waals surface area (Å²) in [6.45, 7) is 3.71. The monoisotopic (exact) mass is 398 g/mol. The Labute approximate surface area is 171 Å². The van der Waals surface area contributed by atoms with E-state index in [9.17, 15) is 9.90 Å². The summed E-state index contributed by atoms with van der Waals surface area (Å²) < 4.78 is 16.6. The zero-order chi connectivity index (χ0) is 21.0. The zero-order valence-electron chi connectivity index (χ0n) is 17.4. The van der Waals surface area contributed by atoms with Gasteiger partial charge < -0.3 is 24.2 Å². The lowest BCUT2D eigenvalue weighted by molar-refractivity contribution is -0.894. The normalized spacial score (nSPS) is 15.2. The lowest BCUT2D eigenvalue weighted by atomic mass is 10.0. The molecule has 3 rings (SSSR count). The van der Waals surface area contributed by atoms with E-state index in [4.69, 9.17) is 14.2 Å². The van der Waals surface area contributed by atoms with Gasteiger partial charge in [0.15, 0.2) is 11.5 Å². The topological polar surface area (TPSA) is 69.4 Å². The van der Waals surface area contributed by atoms with Crippen LogP contribution in [0.5, 0.6) is 23.0 Å². The number of carbonyl (C=O) groups is 1. The van der Waals surface area contributed by atoms with Gasteiger partial charge in [-0.05, 0) is 42.8 Å². The Morgan fingerprint density at radius 3 is 2.66 bits per heavy atom. The summed E-state index contributed by atoms with van der Waals surface area (Å²) in [5, 5.41) is 10.4. The van der Waals surface area contributed by atoms with E-state index in [2.05, 4.69) is 14.0 Å². The van der Waals surface area contributed by atoms with Crippen molar-refractivity contribution in [1.82, 2.24) is 0 Å². The minimum absolute atomic E-state index is 0.146. The van der Waals surface area contributed by atoms with Crippen molar-refractivity contribution in [2.45, 2.75) is 26.3 Å². The SMILES string of the molecule is CCCC[NH+](C)Cc1c(O)ccc2c1OC(=Cc1cc(OC)ccc1OC)C2=O. The largest absolute Gasteiger partial charge is 0.507 e. The number of quaternary nitrogens is 1. The Morgan fingerprint density at radius 1 is 1.17 bits per heavy atom. The van der Waals surface area contributed by atoms with Crippen LogP contribution in [0.15, 0.2) is 36.1 Å². The molecule has 2 aromatic rings. The number of ether oxygens (including phenoxy) is 3. The van der Waals surface area contributed by atoms with Crippen molar-refractivity contribution >= 4 is 11.9 Å². The van der Waals surface area contributed by atoms with E-state index in [1.165, 1.54) is 4.90 Å². The second-order valence-corrected chi connectivity index (χ2v) is 7.23. The van der Waals surface area contributed by atoms with Crippen molar-refractivity contribution in [2.75, 3.05) is 27.8 Å². The van der Waals surface area contributed by atoms with Crippen molar-refractivity contribution in [3.63, 3.8) is 0 Å². The van der Waals surface area contributed by atoms with Crippen molar-refractivity contribution in [1.29, 1.82) is 0 Å². The van der Waals surface area contributed by atoms with Crippen LogP contribution in [-0.4, -0.2) is 38.7 Å². The number of hydrogen-bond donors (Lipinski definition) is 2. The Kier molecular flexibility index (Phi) is 6.44. The molecule has 0 saturated heterocycles. The van der Waals surface area contributed by atoms with Gasteiger partial charge >= 0.3 is 0 Å². The average molecular weight is 398 g/mol. The van der Waals surface area contributed by atoms with Crippen molar-refractivity contribution < 1.29 is 29.0 Å². The molecule has 2 aromatic carbocycles. The number of rotatable bonds is 8. The predicted molar refractivity (Wildman–Crippen MR) is 111 cm³/mol. The number of ketones is 1. The fourth-order valence-electron chi connectivity index (χ4n) is 3.43. The van der Waals surface area contributed by atoms with E-state index >= 15 is 0 Å². The summed E-state index contributed by atoms with van der Waals surface area (Å²) in [5.41, 5.74) is 1.80. The second-order valence-electron chi connectivity index (χ2n) is 7.23. The van der Waals surface area contributed by atoms with E-state index in [-0.39, 0.29) is 17.3 Å². The number of unbranched alkanes of at least 4 members (excludes halogenated alkanes) is 1. The molecular formula is C23H28NO5+. The molecule has 0 bridgehead atoms. The van der Waals surface area contributed by atoms with E-state index in [0.29, 0.717) is 40.5 Å². The summed E-state index contributed by atoms with van der Waals surface area (Å²) >= 11 is 0. The van der Waals surface area contributed by atoms with Crippen LogP contribution in [0.3, 0.4) is 0 Å². The molecule has 0 radical (unpaired) electrons. The molecule has 1 aliphatic heterocycles. The molecule has 1 unspecified atom stereocenters. The van der Waals surface area contributed by atoms with Gasteiger partial charge in [-0.25, -0.2) is 0 Å². The highest BCUT2D eigenvalue weighted by molar-refractivity contribution is 6.15. The average Bonchev–Trinajstić information content (AvgIpc) is 3.04. The molecule has 154 valence electrons. The van der Waals surface area contributed by atoms with Gasteiger partial charge in [-0.1, -0.05) is 13.3 Å². The smallest absolute Gasteiger partial charge is 0.231 e. The van der Waals surface area contributed by atoms with Gasteiger partial charge in [0.2, 0.25) is 5.78 Å². The lowest BCUT2D eigenvalue weighted by Crippen LogP contribution is -3.07. The maximum atomic E-state index is 12.9. The minimum Gasteiger partial charge on any atom is -0.507 e. The Hall–Kier alpha value is -2.99. The number of phenols is 1. The number of phenolic OH excluding ortho intramolecular Hbond substituents is 1. The molecule has 0 fully saturated rings. The van der Waals surface area contributed by atoms with Gasteiger partial charge in [0.1, 0.15) is 23.8 Å². The third kappa shape index (κ3) is 4.38. The van der Waals surface area contributed by atoms with Gasteiger partial charge in [-0.15, -0.1) is 0 Å². The van der Waals surface area contributed by atoms with E-state index in [1.54, 1.807) is 50.6 Å². The number of Topliss-reactive ketones (excluding diaryl/α,β-unsaturated/α-hetero) is 1. The summed E-state index contributed by atoms with van der Waals surface area (Å²) in [6, 6.07) is 8.53. The number of nitrogens with one attached hydrogen (secondary N) is 1. The van der Waals surface area contributed by atoms with Gasteiger partial charge in [-0.2, -0.15) is 0 Å². The number of allylic oxidation sites excluding steroid dienone is 1. The lowest BCUT2D eigenvalue weighted by Gasteiger charge is -2.16. The standard InChI is InChI=1S/C23H27NO5/c1-5-6-11-24(2)14-18-19(25)9-8-17-22(26)21(29-23(17)18)13-15-12-16(27-3)7-10-20(15)28-4/h7-10,12-13,25H,5-6,11,14H2,1-4H3/p+1. The molecule has 29 heavy (non-hydrogen) atoms. The highest BCUT2D eigenvalue weighted by atomic mass is 16.5. The quantitative estimate of drug-likeness (QED) is 0.670. The van der Waals surface area contributed by atoms with E-state index in [1.807, 2.05) is 0 Å². The molecule has 1 atom stereocenters. The maximum absolute atomic E-state index is 12.9. The molecule has 2 N–H and O–H groups in total. The van der Waals surface area contributed by atoms with Crippen LogP contribution in [0, 0.1) is 0 Å². The number of methoxy groups -OCH3 is 2. The number of fused-ring (bicyclic) bond motifs is 1. The first kappa shape index (κ1) is 20.7. The highest BCUT2D eigenvalue weighted by Crippen LogP contribution is 2.39. The number of hydrogen-bond acceptors (Lipinski definition) is 5. The number of aromatic hydroxyl groups is 1. The first-order chi connectivity index (χ1) is 14.0. The van der Waals surface area contributed by atoms with Crippen LogP contribution in [0.1, 0.15) is 41.3 Å². The molecule has 1 aliphatic rings.